The maximum atomic E-state index is 9.44. The molecule has 0 spiro atoms. The fourth-order valence-electron chi connectivity index (χ4n) is 2.36. The largest absolute Gasteiger partial charge is 0.508 e. The van der Waals surface area contributed by atoms with Gasteiger partial charge in [0, 0.05) is 12.5 Å². The summed E-state index contributed by atoms with van der Waals surface area (Å²) in [6.07, 6.45) is 1.45. The first-order valence-corrected chi connectivity index (χ1v) is 6.99. The van der Waals surface area contributed by atoms with E-state index >= 15 is 0 Å². The monoisotopic (exact) mass is 299 g/mol. The van der Waals surface area contributed by atoms with Gasteiger partial charge in [0.25, 0.3) is 0 Å². The molecule has 1 aromatic heterocycles. The summed E-state index contributed by atoms with van der Waals surface area (Å²) < 4.78 is 16.2. The van der Waals surface area contributed by atoms with Crippen molar-refractivity contribution in [2.45, 2.75) is 12.8 Å². The molecule has 0 fully saturated rings. The van der Waals surface area contributed by atoms with Crippen LogP contribution in [-0.4, -0.2) is 24.3 Å². The number of phenolic OH excluding ortho intramolecular Hbond substituents is 1. The van der Waals surface area contributed by atoms with Crippen molar-refractivity contribution >= 4 is 11.1 Å². The van der Waals surface area contributed by atoms with Gasteiger partial charge < -0.3 is 19.0 Å². The van der Waals surface area contributed by atoms with Gasteiger partial charge in [0.2, 0.25) is 0 Å². The highest BCUT2D eigenvalue weighted by Crippen LogP contribution is 2.28. The highest BCUT2D eigenvalue weighted by Gasteiger charge is 2.09. The highest BCUT2D eigenvalue weighted by molar-refractivity contribution is 5.74. The zero-order chi connectivity index (χ0) is 15.5. The lowest BCUT2D eigenvalue weighted by Crippen LogP contribution is -1.95. The maximum absolute atomic E-state index is 9.44. The van der Waals surface area contributed by atoms with E-state index < -0.39 is 0 Å². The van der Waals surface area contributed by atoms with Crippen molar-refractivity contribution in [3.8, 4) is 17.2 Å². The van der Waals surface area contributed by atoms with Crippen molar-refractivity contribution in [3.63, 3.8) is 0 Å². The molecule has 3 aromatic rings. The second-order valence-electron chi connectivity index (χ2n) is 4.95. The molecule has 1 heterocycles. The minimum atomic E-state index is 0.176. The van der Waals surface area contributed by atoms with E-state index in [0.29, 0.717) is 29.4 Å². The van der Waals surface area contributed by atoms with Gasteiger partial charge in [-0.2, -0.15) is 0 Å². The zero-order valence-corrected chi connectivity index (χ0v) is 12.5. The number of nitrogens with zero attached hydrogens (tertiary/aromatic N) is 1. The minimum Gasteiger partial charge on any atom is -0.508 e. The number of methoxy groups -OCH3 is 2. The molecule has 5 nitrogen and oxygen atoms in total. The Morgan fingerprint density at radius 1 is 1.00 bits per heavy atom. The summed E-state index contributed by atoms with van der Waals surface area (Å²) in [5, 5.41) is 9.44. The van der Waals surface area contributed by atoms with E-state index in [4.69, 9.17) is 13.9 Å². The predicted octanol–water partition coefficient (Wildman–Crippen LogP) is 3.34. The molecule has 0 atom stereocenters. The number of aromatic hydroxyl groups is 1. The van der Waals surface area contributed by atoms with Crippen molar-refractivity contribution in [3.05, 3.63) is 47.9 Å². The molecule has 0 amide bonds. The molecule has 0 bridgehead atoms. The molecular weight excluding hydrogens is 282 g/mol. The third kappa shape index (κ3) is 2.83. The molecule has 0 unspecified atom stereocenters. The van der Waals surface area contributed by atoms with E-state index in [-0.39, 0.29) is 5.75 Å². The SMILES string of the molecule is COc1ccc(CCc2nc3ccc(O)cc3o2)cc1OC. The molecule has 1 N–H and O–H groups in total. The first-order valence-electron chi connectivity index (χ1n) is 6.99. The molecule has 3 rings (SSSR count). The first kappa shape index (κ1) is 14.3. The van der Waals surface area contributed by atoms with Gasteiger partial charge in [-0.25, -0.2) is 4.98 Å². The smallest absolute Gasteiger partial charge is 0.195 e. The van der Waals surface area contributed by atoms with Gasteiger partial charge in [-0.3, -0.25) is 0 Å². The number of aryl methyl sites for hydroxylation is 2. The van der Waals surface area contributed by atoms with Crippen molar-refractivity contribution in [2.75, 3.05) is 14.2 Å². The van der Waals surface area contributed by atoms with Crippen molar-refractivity contribution in [2.24, 2.45) is 0 Å². The van der Waals surface area contributed by atoms with Crippen molar-refractivity contribution < 1.29 is 19.0 Å². The average Bonchev–Trinajstić information content (AvgIpc) is 2.94. The zero-order valence-electron chi connectivity index (χ0n) is 12.5. The second kappa shape index (κ2) is 5.97. The van der Waals surface area contributed by atoms with E-state index in [1.807, 2.05) is 18.2 Å². The Hall–Kier alpha value is -2.69. The summed E-state index contributed by atoms with van der Waals surface area (Å²) in [6, 6.07) is 10.8. The van der Waals surface area contributed by atoms with Crippen LogP contribution < -0.4 is 9.47 Å². The fourth-order valence-corrected chi connectivity index (χ4v) is 2.36. The minimum absolute atomic E-state index is 0.176. The maximum Gasteiger partial charge on any atom is 0.195 e. The second-order valence-corrected chi connectivity index (χ2v) is 4.95. The molecule has 5 heteroatoms. The van der Waals surface area contributed by atoms with Crippen LogP contribution in [0.15, 0.2) is 40.8 Å². The molecule has 0 aliphatic carbocycles. The molecule has 22 heavy (non-hydrogen) atoms. The van der Waals surface area contributed by atoms with Crippen LogP contribution in [0.2, 0.25) is 0 Å². The van der Waals surface area contributed by atoms with Crippen molar-refractivity contribution in [1.82, 2.24) is 4.98 Å². The van der Waals surface area contributed by atoms with Crippen LogP contribution in [-0.2, 0) is 12.8 Å². The predicted molar refractivity (Wildman–Crippen MR) is 82.6 cm³/mol. The average molecular weight is 299 g/mol. The number of rotatable bonds is 5. The van der Waals surface area contributed by atoms with Crippen LogP contribution in [0.5, 0.6) is 17.2 Å². The van der Waals surface area contributed by atoms with Gasteiger partial charge in [0.15, 0.2) is 23.0 Å². The summed E-state index contributed by atoms with van der Waals surface area (Å²) in [5.74, 6) is 2.25. The number of benzene rings is 2. The number of fused-ring (bicyclic) bond motifs is 1. The summed E-state index contributed by atoms with van der Waals surface area (Å²) >= 11 is 0. The van der Waals surface area contributed by atoms with Crippen LogP contribution in [0, 0.1) is 0 Å². The molecule has 0 radical (unpaired) electrons. The Morgan fingerprint density at radius 3 is 2.59 bits per heavy atom. The number of phenols is 1. The Balaban J connectivity index is 1.76. The van der Waals surface area contributed by atoms with E-state index in [1.165, 1.54) is 0 Å². The topological polar surface area (TPSA) is 64.7 Å². The molecule has 0 saturated heterocycles. The van der Waals surface area contributed by atoms with Crippen LogP contribution in [0.1, 0.15) is 11.5 Å². The molecule has 0 aliphatic heterocycles. The van der Waals surface area contributed by atoms with Gasteiger partial charge >= 0.3 is 0 Å². The third-order valence-corrected chi connectivity index (χ3v) is 3.49. The lowest BCUT2D eigenvalue weighted by Gasteiger charge is -2.08. The Bertz CT molecular complexity index is 794. The number of oxazole rings is 1. The molecular formula is C17H17NO4. The van der Waals surface area contributed by atoms with Crippen LogP contribution >= 0.6 is 0 Å². The lowest BCUT2D eigenvalue weighted by atomic mass is 10.1. The summed E-state index contributed by atoms with van der Waals surface area (Å²) in [5.41, 5.74) is 2.46. The summed E-state index contributed by atoms with van der Waals surface area (Å²) in [6.45, 7) is 0. The fraction of sp³-hybridized carbons (Fsp3) is 0.235. The molecule has 2 aromatic carbocycles. The molecule has 0 saturated carbocycles. The number of ether oxygens (including phenoxy) is 2. The number of hydrogen-bond donors (Lipinski definition) is 1. The van der Waals surface area contributed by atoms with Crippen molar-refractivity contribution in [1.29, 1.82) is 0 Å². The van der Waals surface area contributed by atoms with Gasteiger partial charge in [-0.05, 0) is 36.2 Å². The third-order valence-electron chi connectivity index (χ3n) is 3.49. The van der Waals surface area contributed by atoms with Gasteiger partial charge in [0.1, 0.15) is 11.3 Å². The Kier molecular flexibility index (Phi) is 3.87. The molecule has 0 aliphatic rings. The normalized spacial score (nSPS) is 10.8. The summed E-state index contributed by atoms with van der Waals surface area (Å²) in [4.78, 5) is 4.41. The number of aromatic nitrogens is 1. The van der Waals surface area contributed by atoms with E-state index in [0.717, 1.165) is 17.5 Å². The standard InChI is InChI=1S/C17H17NO4/c1-20-14-7-3-11(9-16(14)21-2)4-8-17-18-13-6-5-12(19)10-15(13)22-17/h3,5-7,9-10,19H,4,8H2,1-2H3. The Labute approximate surface area is 128 Å². The van der Waals surface area contributed by atoms with Crippen LogP contribution in [0.25, 0.3) is 11.1 Å². The van der Waals surface area contributed by atoms with Crippen LogP contribution in [0.3, 0.4) is 0 Å². The lowest BCUT2D eigenvalue weighted by molar-refractivity contribution is 0.354. The van der Waals surface area contributed by atoms with Gasteiger partial charge in [-0.1, -0.05) is 6.07 Å². The highest BCUT2D eigenvalue weighted by atomic mass is 16.5. The van der Waals surface area contributed by atoms with Gasteiger partial charge in [-0.15, -0.1) is 0 Å². The quantitative estimate of drug-likeness (QED) is 0.782. The van der Waals surface area contributed by atoms with E-state index in [1.54, 1.807) is 32.4 Å². The molecule has 114 valence electrons. The number of hydrogen-bond acceptors (Lipinski definition) is 5. The van der Waals surface area contributed by atoms with E-state index in [2.05, 4.69) is 4.98 Å². The first-order chi connectivity index (χ1) is 10.7. The Morgan fingerprint density at radius 2 is 1.82 bits per heavy atom. The summed E-state index contributed by atoms with van der Waals surface area (Å²) in [7, 11) is 3.24. The van der Waals surface area contributed by atoms with E-state index in [9.17, 15) is 5.11 Å². The van der Waals surface area contributed by atoms with Crippen LogP contribution in [0.4, 0.5) is 0 Å². The van der Waals surface area contributed by atoms with Gasteiger partial charge in [0.05, 0.1) is 14.2 Å².